The van der Waals surface area contributed by atoms with E-state index in [1.54, 1.807) is 30.1 Å². The Bertz CT molecular complexity index is 659. The summed E-state index contributed by atoms with van der Waals surface area (Å²) in [6.45, 7) is 4.98. The van der Waals surface area contributed by atoms with Crippen LogP contribution in [0.5, 0.6) is 5.75 Å². The second kappa shape index (κ2) is 7.45. The van der Waals surface area contributed by atoms with E-state index < -0.39 is 0 Å². The number of ether oxygens (including phenoxy) is 1. The highest BCUT2D eigenvalue weighted by atomic mass is 16.5. The van der Waals surface area contributed by atoms with E-state index in [9.17, 15) is 4.79 Å². The van der Waals surface area contributed by atoms with Crippen molar-refractivity contribution in [2.75, 3.05) is 12.4 Å². The van der Waals surface area contributed by atoms with E-state index in [4.69, 9.17) is 4.74 Å². The molecule has 0 atom stereocenters. The van der Waals surface area contributed by atoms with E-state index >= 15 is 0 Å². The first-order valence-corrected chi connectivity index (χ1v) is 7.23. The minimum absolute atomic E-state index is 0.187. The maximum absolute atomic E-state index is 12.0. The third-order valence-corrected chi connectivity index (χ3v) is 3.03. The summed E-state index contributed by atoms with van der Waals surface area (Å²) >= 11 is 0. The van der Waals surface area contributed by atoms with Crippen molar-refractivity contribution in [3.8, 4) is 5.75 Å². The molecule has 0 aliphatic heterocycles. The van der Waals surface area contributed by atoms with Crippen molar-refractivity contribution in [2.24, 2.45) is 5.92 Å². The molecule has 5 nitrogen and oxygen atoms in total. The Morgan fingerprint density at radius 1 is 1.41 bits per heavy atom. The zero-order valence-corrected chi connectivity index (χ0v) is 13.1. The van der Waals surface area contributed by atoms with Gasteiger partial charge in [-0.05, 0) is 29.7 Å². The highest BCUT2D eigenvalue weighted by Crippen LogP contribution is 2.14. The van der Waals surface area contributed by atoms with Gasteiger partial charge in [0.15, 0.2) is 0 Å². The smallest absolute Gasteiger partial charge is 0.249 e. The lowest BCUT2D eigenvalue weighted by Crippen LogP contribution is -2.15. The van der Waals surface area contributed by atoms with Gasteiger partial charge in [-0.15, -0.1) is 0 Å². The zero-order valence-electron chi connectivity index (χ0n) is 13.1. The van der Waals surface area contributed by atoms with Crippen LogP contribution in [0.4, 0.5) is 5.82 Å². The number of nitrogens with zero attached hydrogens (tertiary/aromatic N) is 2. The highest BCUT2D eigenvalue weighted by Gasteiger charge is 2.06. The Morgan fingerprint density at radius 2 is 2.23 bits per heavy atom. The molecule has 0 unspecified atom stereocenters. The lowest BCUT2D eigenvalue weighted by molar-refractivity contribution is -0.111. The summed E-state index contributed by atoms with van der Waals surface area (Å²) in [5, 5.41) is 7.05. The molecule has 0 bridgehead atoms. The third kappa shape index (κ3) is 4.48. The second-order valence-corrected chi connectivity index (χ2v) is 5.39. The van der Waals surface area contributed by atoms with Crippen LogP contribution in [-0.2, 0) is 11.3 Å². The normalized spacial score (nSPS) is 11.1. The number of carbonyl (C=O) groups is 1. The van der Waals surface area contributed by atoms with Crippen molar-refractivity contribution in [2.45, 2.75) is 20.4 Å². The first-order chi connectivity index (χ1) is 10.6. The molecule has 0 spiro atoms. The summed E-state index contributed by atoms with van der Waals surface area (Å²) in [5.74, 6) is 1.74. The van der Waals surface area contributed by atoms with Gasteiger partial charge in [-0.1, -0.05) is 26.0 Å². The van der Waals surface area contributed by atoms with Gasteiger partial charge >= 0.3 is 0 Å². The summed E-state index contributed by atoms with van der Waals surface area (Å²) < 4.78 is 6.95. The Kier molecular flexibility index (Phi) is 5.36. The molecule has 1 aromatic heterocycles. The van der Waals surface area contributed by atoms with Crippen molar-refractivity contribution in [3.63, 3.8) is 0 Å². The molecule has 2 rings (SSSR count). The topological polar surface area (TPSA) is 56.1 Å². The molecule has 116 valence electrons. The molecular weight excluding hydrogens is 278 g/mol. The van der Waals surface area contributed by atoms with E-state index in [2.05, 4.69) is 24.3 Å². The standard InChI is InChI=1S/C17H21N3O2/c1-13(2)12-20-16(9-10-18-20)19-17(21)8-7-14-5-4-6-15(11-14)22-3/h4-11,13H,12H2,1-3H3,(H,19,21)/b8-7+. The summed E-state index contributed by atoms with van der Waals surface area (Å²) in [4.78, 5) is 12.0. The maximum atomic E-state index is 12.0. The van der Waals surface area contributed by atoms with Gasteiger partial charge < -0.3 is 10.1 Å². The number of benzene rings is 1. The van der Waals surface area contributed by atoms with Gasteiger partial charge in [0, 0.05) is 18.7 Å². The quantitative estimate of drug-likeness (QED) is 0.833. The van der Waals surface area contributed by atoms with Crippen LogP contribution in [0.25, 0.3) is 6.08 Å². The first kappa shape index (κ1) is 15.8. The first-order valence-electron chi connectivity index (χ1n) is 7.23. The van der Waals surface area contributed by atoms with Gasteiger partial charge in [0.1, 0.15) is 11.6 Å². The Balaban J connectivity index is 2.00. The van der Waals surface area contributed by atoms with Crippen LogP contribution in [0.2, 0.25) is 0 Å². The fraction of sp³-hybridized carbons (Fsp3) is 0.294. The molecule has 0 aliphatic rings. The fourth-order valence-corrected chi connectivity index (χ4v) is 2.02. The zero-order chi connectivity index (χ0) is 15.9. The predicted octanol–water partition coefficient (Wildman–Crippen LogP) is 3.20. The second-order valence-electron chi connectivity index (χ2n) is 5.39. The molecule has 1 heterocycles. The van der Waals surface area contributed by atoms with Gasteiger partial charge in [0.2, 0.25) is 5.91 Å². The molecule has 1 aromatic carbocycles. The summed E-state index contributed by atoms with van der Waals surface area (Å²) in [6.07, 6.45) is 4.94. The van der Waals surface area contributed by atoms with Crippen LogP contribution in [-0.4, -0.2) is 22.8 Å². The van der Waals surface area contributed by atoms with Crippen molar-refractivity contribution in [1.29, 1.82) is 0 Å². The molecule has 22 heavy (non-hydrogen) atoms. The SMILES string of the molecule is COc1cccc(/C=C/C(=O)Nc2ccnn2CC(C)C)c1. The van der Waals surface area contributed by atoms with Crippen LogP contribution < -0.4 is 10.1 Å². The van der Waals surface area contributed by atoms with Gasteiger partial charge in [-0.3, -0.25) is 4.79 Å². The monoisotopic (exact) mass is 299 g/mol. The van der Waals surface area contributed by atoms with Crippen LogP contribution in [0.15, 0.2) is 42.6 Å². The van der Waals surface area contributed by atoms with Crippen LogP contribution in [0.3, 0.4) is 0 Å². The van der Waals surface area contributed by atoms with Gasteiger partial charge in [-0.2, -0.15) is 5.10 Å². The molecule has 0 saturated heterocycles. The van der Waals surface area contributed by atoms with E-state index in [0.29, 0.717) is 11.7 Å². The number of nitrogens with one attached hydrogen (secondary N) is 1. The minimum atomic E-state index is -0.187. The number of rotatable bonds is 6. The highest BCUT2D eigenvalue weighted by molar-refractivity contribution is 6.01. The van der Waals surface area contributed by atoms with Crippen molar-refractivity contribution >= 4 is 17.8 Å². The number of hydrogen-bond donors (Lipinski definition) is 1. The van der Waals surface area contributed by atoms with E-state index in [1.165, 1.54) is 6.08 Å². The number of anilines is 1. The van der Waals surface area contributed by atoms with Crippen molar-refractivity contribution in [3.05, 3.63) is 48.2 Å². The summed E-state index contributed by atoms with van der Waals surface area (Å²) in [7, 11) is 1.62. The Morgan fingerprint density at radius 3 is 2.95 bits per heavy atom. The molecule has 5 heteroatoms. The molecule has 2 aromatic rings. The van der Waals surface area contributed by atoms with E-state index in [1.807, 2.05) is 24.3 Å². The lowest BCUT2D eigenvalue weighted by Gasteiger charge is -2.09. The van der Waals surface area contributed by atoms with Crippen LogP contribution in [0.1, 0.15) is 19.4 Å². The molecule has 0 saturated carbocycles. The Hall–Kier alpha value is -2.56. The number of carbonyl (C=O) groups excluding carboxylic acids is 1. The van der Waals surface area contributed by atoms with Gasteiger partial charge in [0.05, 0.1) is 13.3 Å². The number of amides is 1. The van der Waals surface area contributed by atoms with Crippen LogP contribution in [0, 0.1) is 5.92 Å². The summed E-state index contributed by atoms with van der Waals surface area (Å²) in [5.41, 5.74) is 0.908. The molecule has 0 fully saturated rings. The largest absolute Gasteiger partial charge is 0.497 e. The van der Waals surface area contributed by atoms with E-state index in [-0.39, 0.29) is 5.91 Å². The fourth-order valence-electron chi connectivity index (χ4n) is 2.02. The molecule has 1 N–H and O–H groups in total. The molecular formula is C17H21N3O2. The Labute approximate surface area is 130 Å². The molecule has 0 aliphatic carbocycles. The maximum Gasteiger partial charge on any atom is 0.249 e. The molecule has 1 amide bonds. The van der Waals surface area contributed by atoms with Crippen molar-refractivity contribution < 1.29 is 9.53 Å². The number of methoxy groups -OCH3 is 1. The van der Waals surface area contributed by atoms with Gasteiger partial charge in [-0.25, -0.2) is 4.68 Å². The average Bonchev–Trinajstić information content (AvgIpc) is 2.91. The predicted molar refractivity (Wildman–Crippen MR) is 87.7 cm³/mol. The minimum Gasteiger partial charge on any atom is -0.497 e. The number of hydrogen-bond acceptors (Lipinski definition) is 3. The van der Waals surface area contributed by atoms with Crippen LogP contribution >= 0.6 is 0 Å². The molecule has 0 radical (unpaired) electrons. The van der Waals surface area contributed by atoms with Gasteiger partial charge in [0.25, 0.3) is 0 Å². The third-order valence-electron chi connectivity index (χ3n) is 3.03. The van der Waals surface area contributed by atoms with E-state index in [0.717, 1.165) is 17.9 Å². The van der Waals surface area contributed by atoms with Crippen molar-refractivity contribution in [1.82, 2.24) is 9.78 Å². The summed E-state index contributed by atoms with van der Waals surface area (Å²) in [6, 6.07) is 9.32. The average molecular weight is 299 g/mol. The lowest BCUT2D eigenvalue weighted by atomic mass is 10.2. The number of aromatic nitrogens is 2.